The molecule has 40 heavy (non-hydrogen) atoms. The Hall–Kier alpha value is -4.66. The van der Waals surface area contributed by atoms with Crippen LogP contribution in [0.1, 0.15) is 21.5 Å². The molecule has 4 rings (SSSR count). The summed E-state index contributed by atoms with van der Waals surface area (Å²) in [5, 5.41) is 24.7. The molecular weight excluding hydrogens is 530 g/mol. The standard InChI is InChI=1S/C31H28ClN3O5/c32-26-7-2-1-6-25(26)29(37)35-28(31(39)40)17-20-8-12-21(13-9-20)22-4-3-5-23(18-22)34-30(38)27(33)16-19-10-14-24(36)15-11-19/h1-15,18,27-28,36H,16-17,33H2,(H,34,38)(H,35,37)(H,39,40)/t27-,28+/m1/s1. The van der Waals surface area contributed by atoms with E-state index in [1.807, 2.05) is 30.3 Å². The van der Waals surface area contributed by atoms with Crippen LogP contribution in [0.25, 0.3) is 11.1 Å². The van der Waals surface area contributed by atoms with Crippen molar-refractivity contribution in [1.29, 1.82) is 0 Å². The molecule has 204 valence electrons. The van der Waals surface area contributed by atoms with Gasteiger partial charge in [0.05, 0.1) is 16.6 Å². The maximum atomic E-state index is 12.6. The van der Waals surface area contributed by atoms with Crippen LogP contribution in [0.3, 0.4) is 0 Å². The summed E-state index contributed by atoms with van der Waals surface area (Å²) in [6.07, 6.45) is 0.407. The number of carbonyl (C=O) groups excluding carboxylic acids is 2. The fourth-order valence-electron chi connectivity index (χ4n) is 4.14. The highest BCUT2D eigenvalue weighted by molar-refractivity contribution is 6.33. The zero-order valence-electron chi connectivity index (χ0n) is 21.4. The molecule has 0 aliphatic heterocycles. The lowest BCUT2D eigenvalue weighted by atomic mass is 10.00. The number of benzene rings is 4. The van der Waals surface area contributed by atoms with Gasteiger partial charge in [-0.2, -0.15) is 0 Å². The van der Waals surface area contributed by atoms with Crippen LogP contribution in [0.15, 0.2) is 97.1 Å². The number of carboxylic acids is 1. The van der Waals surface area contributed by atoms with Gasteiger partial charge < -0.3 is 26.6 Å². The van der Waals surface area contributed by atoms with Crippen molar-refractivity contribution >= 4 is 35.1 Å². The molecule has 0 aliphatic rings. The van der Waals surface area contributed by atoms with E-state index in [0.717, 1.165) is 22.3 Å². The van der Waals surface area contributed by atoms with Crippen LogP contribution in [0.5, 0.6) is 5.75 Å². The Balaban J connectivity index is 1.39. The lowest BCUT2D eigenvalue weighted by molar-refractivity contribution is -0.139. The van der Waals surface area contributed by atoms with Gasteiger partial charge in [0.25, 0.3) is 5.91 Å². The first-order valence-corrected chi connectivity index (χ1v) is 12.9. The minimum atomic E-state index is -1.16. The van der Waals surface area contributed by atoms with E-state index in [4.69, 9.17) is 17.3 Å². The first-order chi connectivity index (χ1) is 19.2. The number of hydrogen-bond acceptors (Lipinski definition) is 5. The number of hydrogen-bond donors (Lipinski definition) is 5. The average molecular weight is 558 g/mol. The monoisotopic (exact) mass is 557 g/mol. The number of phenols is 1. The van der Waals surface area contributed by atoms with Gasteiger partial charge in [0.15, 0.2) is 0 Å². The number of nitrogens with two attached hydrogens (primary N) is 1. The van der Waals surface area contributed by atoms with Crippen molar-refractivity contribution in [2.24, 2.45) is 5.73 Å². The van der Waals surface area contributed by atoms with Crippen LogP contribution in [0, 0.1) is 0 Å². The minimum Gasteiger partial charge on any atom is -0.508 e. The van der Waals surface area contributed by atoms with Crippen molar-refractivity contribution in [1.82, 2.24) is 5.32 Å². The largest absolute Gasteiger partial charge is 0.508 e. The first kappa shape index (κ1) is 28.4. The summed E-state index contributed by atoms with van der Waals surface area (Å²) in [6.45, 7) is 0. The zero-order valence-corrected chi connectivity index (χ0v) is 22.1. The van der Waals surface area contributed by atoms with Crippen LogP contribution in [-0.2, 0) is 22.4 Å². The Labute approximate surface area is 236 Å². The van der Waals surface area contributed by atoms with E-state index in [1.165, 1.54) is 6.07 Å². The Morgan fingerprint density at radius 2 is 1.45 bits per heavy atom. The van der Waals surface area contributed by atoms with Crippen molar-refractivity contribution in [2.45, 2.75) is 24.9 Å². The maximum absolute atomic E-state index is 12.6. The third-order valence-electron chi connectivity index (χ3n) is 6.31. The Morgan fingerprint density at radius 3 is 2.12 bits per heavy atom. The van der Waals surface area contributed by atoms with Crippen molar-refractivity contribution in [3.63, 3.8) is 0 Å². The summed E-state index contributed by atoms with van der Waals surface area (Å²) in [4.78, 5) is 37.0. The molecule has 0 saturated carbocycles. The maximum Gasteiger partial charge on any atom is 0.326 e. The topological polar surface area (TPSA) is 142 Å². The third kappa shape index (κ3) is 7.47. The van der Waals surface area contributed by atoms with E-state index in [2.05, 4.69) is 10.6 Å². The highest BCUT2D eigenvalue weighted by atomic mass is 35.5. The van der Waals surface area contributed by atoms with E-state index in [9.17, 15) is 24.6 Å². The molecule has 0 aromatic heterocycles. The van der Waals surface area contributed by atoms with E-state index < -0.39 is 24.0 Å². The molecule has 6 N–H and O–H groups in total. The zero-order chi connectivity index (χ0) is 28.6. The molecule has 0 radical (unpaired) electrons. The van der Waals surface area contributed by atoms with Crippen LogP contribution < -0.4 is 16.4 Å². The average Bonchev–Trinajstić information content (AvgIpc) is 2.94. The van der Waals surface area contributed by atoms with Gasteiger partial charge in [-0.3, -0.25) is 9.59 Å². The number of carboxylic acid groups (broad SMARTS) is 1. The lowest BCUT2D eigenvalue weighted by Crippen LogP contribution is -2.42. The van der Waals surface area contributed by atoms with Gasteiger partial charge in [0, 0.05) is 12.1 Å². The number of carbonyl (C=O) groups is 3. The fourth-order valence-corrected chi connectivity index (χ4v) is 4.36. The third-order valence-corrected chi connectivity index (χ3v) is 6.64. The first-order valence-electron chi connectivity index (χ1n) is 12.5. The van der Waals surface area contributed by atoms with Crippen molar-refractivity contribution in [3.8, 4) is 16.9 Å². The van der Waals surface area contributed by atoms with Crippen LogP contribution >= 0.6 is 11.6 Å². The number of nitrogens with one attached hydrogen (secondary N) is 2. The number of amides is 2. The summed E-state index contributed by atoms with van der Waals surface area (Å²) in [5.74, 6) is -1.90. The molecule has 4 aromatic rings. The number of rotatable bonds is 10. The molecule has 0 saturated heterocycles. The molecule has 0 heterocycles. The normalized spacial score (nSPS) is 12.2. The summed E-state index contributed by atoms with van der Waals surface area (Å²) < 4.78 is 0. The molecule has 0 fully saturated rings. The smallest absolute Gasteiger partial charge is 0.326 e. The van der Waals surface area contributed by atoms with Crippen molar-refractivity contribution in [2.75, 3.05) is 5.32 Å². The molecule has 0 aliphatic carbocycles. The molecule has 2 amide bonds. The van der Waals surface area contributed by atoms with Crippen molar-refractivity contribution < 1.29 is 24.6 Å². The van der Waals surface area contributed by atoms with Gasteiger partial charge in [0.2, 0.25) is 5.91 Å². The van der Waals surface area contributed by atoms with Gasteiger partial charge in [-0.1, -0.05) is 72.3 Å². The fraction of sp³-hybridized carbons (Fsp3) is 0.129. The predicted octanol–water partition coefficient (Wildman–Crippen LogP) is 4.65. The molecule has 0 spiro atoms. The van der Waals surface area contributed by atoms with Gasteiger partial charge in [0.1, 0.15) is 11.8 Å². The van der Waals surface area contributed by atoms with Gasteiger partial charge in [-0.15, -0.1) is 0 Å². The number of aliphatic carboxylic acids is 1. The lowest BCUT2D eigenvalue weighted by Gasteiger charge is -2.16. The second-order valence-electron chi connectivity index (χ2n) is 9.29. The molecule has 0 unspecified atom stereocenters. The highest BCUT2D eigenvalue weighted by Crippen LogP contribution is 2.24. The molecule has 4 aromatic carbocycles. The van der Waals surface area contributed by atoms with Crippen LogP contribution in [0.2, 0.25) is 5.02 Å². The second-order valence-corrected chi connectivity index (χ2v) is 9.70. The van der Waals surface area contributed by atoms with Gasteiger partial charge in [-0.05, 0) is 65.1 Å². The molecular formula is C31H28ClN3O5. The van der Waals surface area contributed by atoms with Crippen LogP contribution in [0.4, 0.5) is 5.69 Å². The SMILES string of the molecule is N[C@H](Cc1ccc(O)cc1)C(=O)Nc1cccc(-c2ccc(C[C@H](NC(=O)c3ccccc3Cl)C(=O)O)cc2)c1. The summed E-state index contributed by atoms with van der Waals surface area (Å²) in [6, 6.07) is 25.7. The molecule has 9 heteroatoms. The quantitative estimate of drug-likeness (QED) is 0.192. The van der Waals surface area contributed by atoms with Crippen molar-refractivity contribution in [3.05, 3.63) is 119 Å². The second kappa shape index (κ2) is 12.9. The molecule has 8 nitrogen and oxygen atoms in total. The number of phenolic OH excluding ortho intramolecular Hbond substituents is 1. The summed E-state index contributed by atoms with van der Waals surface area (Å²) in [5.41, 5.74) is 10.1. The molecule has 2 atom stereocenters. The van der Waals surface area contributed by atoms with E-state index in [-0.39, 0.29) is 28.7 Å². The number of anilines is 1. The Kier molecular flexibility index (Phi) is 9.16. The van der Waals surface area contributed by atoms with Crippen LogP contribution in [-0.4, -0.2) is 40.1 Å². The number of halogens is 1. The van der Waals surface area contributed by atoms with E-state index in [1.54, 1.807) is 60.7 Å². The number of aromatic hydroxyl groups is 1. The minimum absolute atomic E-state index is 0.0841. The Morgan fingerprint density at radius 1 is 0.800 bits per heavy atom. The highest BCUT2D eigenvalue weighted by Gasteiger charge is 2.22. The Bertz CT molecular complexity index is 1510. The summed E-state index contributed by atoms with van der Waals surface area (Å²) >= 11 is 6.06. The van der Waals surface area contributed by atoms with E-state index in [0.29, 0.717) is 12.1 Å². The molecule has 0 bridgehead atoms. The van der Waals surface area contributed by atoms with Gasteiger partial charge in [-0.25, -0.2) is 4.79 Å². The summed E-state index contributed by atoms with van der Waals surface area (Å²) in [7, 11) is 0. The predicted molar refractivity (Wildman–Crippen MR) is 154 cm³/mol. The van der Waals surface area contributed by atoms with E-state index >= 15 is 0 Å². The van der Waals surface area contributed by atoms with Gasteiger partial charge >= 0.3 is 5.97 Å².